The maximum Gasteiger partial charge on any atom is 0.328 e. The van der Waals surface area contributed by atoms with Gasteiger partial charge in [0.15, 0.2) is 0 Å². The number of esters is 1. The Balaban J connectivity index is 2.66. The number of H-pyrrole nitrogens is 1. The van der Waals surface area contributed by atoms with Crippen LogP contribution in [-0.2, 0) is 9.53 Å². The molecule has 0 fully saturated rings. The zero-order valence-electron chi connectivity index (χ0n) is 10.1. The minimum atomic E-state index is -0.669. The molecular formula is C10H16N4O3. The molecule has 1 aromatic heterocycles. The fourth-order valence-electron chi connectivity index (χ4n) is 1.37. The molecule has 0 radical (unpaired) electrons. The highest BCUT2D eigenvalue weighted by molar-refractivity contribution is 5.93. The molecule has 7 nitrogen and oxygen atoms in total. The van der Waals surface area contributed by atoms with Crippen LogP contribution < -0.4 is 5.32 Å². The third-order valence-corrected chi connectivity index (χ3v) is 2.13. The van der Waals surface area contributed by atoms with E-state index in [2.05, 4.69) is 25.2 Å². The van der Waals surface area contributed by atoms with E-state index in [1.807, 2.05) is 13.8 Å². The van der Waals surface area contributed by atoms with Gasteiger partial charge in [0.1, 0.15) is 12.4 Å². The van der Waals surface area contributed by atoms with Gasteiger partial charge in [-0.1, -0.05) is 13.8 Å². The van der Waals surface area contributed by atoms with Crippen molar-refractivity contribution in [2.24, 2.45) is 5.92 Å². The molecule has 0 aliphatic rings. The monoisotopic (exact) mass is 240 g/mol. The number of rotatable bonds is 5. The third kappa shape index (κ3) is 3.86. The van der Waals surface area contributed by atoms with Gasteiger partial charge in [-0.2, -0.15) is 5.10 Å². The van der Waals surface area contributed by atoms with Crippen LogP contribution in [-0.4, -0.2) is 40.2 Å². The van der Waals surface area contributed by atoms with Crippen LogP contribution >= 0.6 is 0 Å². The molecule has 0 saturated carbocycles. The number of carbonyl (C=O) groups is 2. The second kappa shape index (κ2) is 5.97. The quantitative estimate of drug-likeness (QED) is 0.712. The van der Waals surface area contributed by atoms with Gasteiger partial charge >= 0.3 is 5.97 Å². The summed E-state index contributed by atoms with van der Waals surface area (Å²) < 4.78 is 4.63. The first-order chi connectivity index (χ1) is 8.04. The van der Waals surface area contributed by atoms with Crippen LogP contribution in [0.4, 0.5) is 0 Å². The third-order valence-electron chi connectivity index (χ3n) is 2.13. The van der Waals surface area contributed by atoms with Crippen LogP contribution in [0.2, 0.25) is 0 Å². The number of ether oxygens (including phenoxy) is 1. The smallest absolute Gasteiger partial charge is 0.328 e. The van der Waals surface area contributed by atoms with E-state index in [-0.39, 0.29) is 11.7 Å². The molecule has 0 spiro atoms. The number of hydrogen-bond donors (Lipinski definition) is 2. The molecule has 1 aromatic rings. The predicted octanol–water partition coefficient (Wildman–Crippen LogP) is 0.122. The lowest BCUT2D eigenvalue weighted by Gasteiger charge is -2.17. The summed E-state index contributed by atoms with van der Waals surface area (Å²) in [6.07, 6.45) is 1.73. The van der Waals surface area contributed by atoms with Crippen molar-refractivity contribution in [2.75, 3.05) is 7.11 Å². The van der Waals surface area contributed by atoms with Crippen molar-refractivity contribution in [1.82, 2.24) is 20.5 Å². The molecule has 17 heavy (non-hydrogen) atoms. The Morgan fingerprint density at radius 3 is 2.71 bits per heavy atom. The number of nitrogens with one attached hydrogen (secondary N) is 2. The van der Waals surface area contributed by atoms with Crippen LogP contribution in [0, 0.1) is 5.92 Å². The highest BCUT2D eigenvalue weighted by Crippen LogP contribution is 2.06. The minimum Gasteiger partial charge on any atom is -0.467 e. The number of amides is 1. The first-order valence-corrected chi connectivity index (χ1v) is 5.28. The Bertz CT molecular complexity index is 375. The number of aromatic nitrogens is 3. The van der Waals surface area contributed by atoms with E-state index >= 15 is 0 Å². The average Bonchev–Trinajstić information content (AvgIpc) is 2.79. The van der Waals surface area contributed by atoms with E-state index in [1.54, 1.807) is 0 Å². The lowest BCUT2D eigenvalue weighted by Crippen LogP contribution is -2.42. The predicted molar refractivity (Wildman–Crippen MR) is 59.1 cm³/mol. The summed E-state index contributed by atoms with van der Waals surface area (Å²) >= 11 is 0. The molecule has 0 bridgehead atoms. The zero-order chi connectivity index (χ0) is 12.8. The van der Waals surface area contributed by atoms with Crippen LogP contribution in [0.15, 0.2) is 6.33 Å². The summed E-state index contributed by atoms with van der Waals surface area (Å²) in [5.41, 5.74) is 0. The lowest BCUT2D eigenvalue weighted by atomic mass is 10.0. The summed E-state index contributed by atoms with van der Waals surface area (Å²) in [5.74, 6) is -0.609. The van der Waals surface area contributed by atoms with E-state index in [0.29, 0.717) is 6.42 Å². The van der Waals surface area contributed by atoms with Gasteiger partial charge in [-0.25, -0.2) is 9.78 Å². The Kier molecular flexibility index (Phi) is 4.62. The summed E-state index contributed by atoms with van der Waals surface area (Å²) in [7, 11) is 1.29. The van der Waals surface area contributed by atoms with E-state index < -0.39 is 17.9 Å². The molecule has 0 unspecified atom stereocenters. The van der Waals surface area contributed by atoms with Crippen LogP contribution in [0.1, 0.15) is 30.9 Å². The molecule has 1 amide bonds. The normalized spacial score (nSPS) is 12.2. The van der Waals surface area contributed by atoms with Crippen molar-refractivity contribution in [3.05, 3.63) is 12.2 Å². The van der Waals surface area contributed by atoms with Gasteiger partial charge in [-0.3, -0.25) is 9.89 Å². The van der Waals surface area contributed by atoms with Gasteiger partial charge in [0.2, 0.25) is 5.82 Å². The zero-order valence-corrected chi connectivity index (χ0v) is 10.1. The van der Waals surface area contributed by atoms with Gasteiger partial charge in [0, 0.05) is 0 Å². The molecular weight excluding hydrogens is 224 g/mol. The van der Waals surface area contributed by atoms with Crippen molar-refractivity contribution >= 4 is 11.9 Å². The van der Waals surface area contributed by atoms with Crippen molar-refractivity contribution in [1.29, 1.82) is 0 Å². The maximum absolute atomic E-state index is 11.7. The number of carbonyl (C=O) groups excluding carboxylic acids is 2. The molecule has 0 aromatic carbocycles. The van der Waals surface area contributed by atoms with Crippen molar-refractivity contribution < 1.29 is 14.3 Å². The SMILES string of the molecule is COC(=O)[C@H](CC(C)C)NC(=O)c1ncn[nH]1. The van der Waals surface area contributed by atoms with Crippen molar-refractivity contribution in [3.8, 4) is 0 Å². The molecule has 94 valence electrons. The Labute approximate surface area is 99.0 Å². The fourth-order valence-corrected chi connectivity index (χ4v) is 1.37. The molecule has 1 rings (SSSR count). The summed E-state index contributed by atoms with van der Waals surface area (Å²) in [5, 5.41) is 8.54. The lowest BCUT2D eigenvalue weighted by molar-refractivity contribution is -0.143. The highest BCUT2D eigenvalue weighted by Gasteiger charge is 2.23. The largest absolute Gasteiger partial charge is 0.467 e. The van der Waals surface area contributed by atoms with Crippen LogP contribution in [0.5, 0.6) is 0 Å². The molecule has 1 heterocycles. The molecule has 2 N–H and O–H groups in total. The Morgan fingerprint density at radius 2 is 2.24 bits per heavy atom. The van der Waals surface area contributed by atoms with Gasteiger partial charge in [-0.15, -0.1) is 0 Å². The molecule has 0 saturated heterocycles. The Morgan fingerprint density at radius 1 is 1.53 bits per heavy atom. The second-order valence-electron chi connectivity index (χ2n) is 4.01. The van der Waals surface area contributed by atoms with Crippen LogP contribution in [0.3, 0.4) is 0 Å². The highest BCUT2D eigenvalue weighted by atomic mass is 16.5. The van der Waals surface area contributed by atoms with Gasteiger partial charge in [0.25, 0.3) is 5.91 Å². The fraction of sp³-hybridized carbons (Fsp3) is 0.600. The van der Waals surface area contributed by atoms with Gasteiger partial charge < -0.3 is 10.1 Å². The van der Waals surface area contributed by atoms with Gasteiger partial charge in [0.05, 0.1) is 7.11 Å². The van der Waals surface area contributed by atoms with E-state index in [0.717, 1.165) is 0 Å². The maximum atomic E-state index is 11.7. The minimum absolute atomic E-state index is 0.0719. The summed E-state index contributed by atoms with van der Waals surface area (Å²) in [6.45, 7) is 3.91. The number of aromatic amines is 1. The summed E-state index contributed by atoms with van der Waals surface area (Å²) in [4.78, 5) is 26.8. The Hall–Kier alpha value is -1.92. The number of hydrogen-bond acceptors (Lipinski definition) is 5. The first kappa shape index (κ1) is 13.1. The molecule has 1 atom stereocenters. The van der Waals surface area contributed by atoms with Crippen molar-refractivity contribution in [2.45, 2.75) is 26.3 Å². The topological polar surface area (TPSA) is 97.0 Å². The average molecular weight is 240 g/mol. The van der Waals surface area contributed by atoms with Crippen LogP contribution in [0.25, 0.3) is 0 Å². The number of methoxy groups -OCH3 is 1. The second-order valence-corrected chi connectivity index (χ2v) is 4.01. The van der Waals surface area contributed by atoms with E-state index in [4.69, 9.17) is 0 Å². The molecule has 7 heteroatoms. The molecule has 0 aliphatic carbocycles. The standard InChI is InChI=1S/C10H16N4O3/c1-6(2)4-7(10(16)17-3)13-9(15)8-11-5-12-14-8/h5-7H,4H2,1-3H3,(H,13,15)(H,11,12,14)/t7-/m0/s1. The molecule has 0 aliphatic heterocycles. The number of nitrogens with zero attached hydrogens (tertiary/aromatic N) is 2. The van der Waals surface area contributed by atoms with E-state index in [1.165, 1.54) is 13.4 Å². The van der Waals surface area contributed by atoms with E-state index in [9.17, 15) is 9.59 Å². The van der Waals surface area contributed by atoms with Gasteiger partial charge in [-0.05, 0) is 12.3 Å². The summed E-state index contributed by atoms with van der Waals surface area (Å²) in [6, 6.07) is -0.669. The van der Waals surface area contributed by atoms with Crippen molar-refractivity contribution in [3.63, 3.8) is 0 Å². The first-order valence-electron chi connectivity index (χ1n) is 5.28.